The first-order valence-corrected chi connectivity index (χ1v) is 11.5. The molecule has 2 aliphatic heterocycles. The minimum Gasteiger partial charge on any atom is -0.375 e. The molecule has 0 N–H and O–H groups in total. The van der Waals surface area contributed by atoms with E-state index in [2.05, 4.69) is 12.1 Å². The van der Waals surface area contributed by atoms with Gasteiger partial charge in [-0.05, 0) is 44.6 Å². The molecule has 4 rings (SSSR count). The van der Waals surface area contributed by atoms with Crippen molar-refractivity contribution in [2.45, 2.75) is 51.4 Å². The van der Waals surface area contributed by atoms with E-state index in [4.69, 9.17) is 14.7 Å². The number of aromatic nitrogens is 2. The highest BCUT2D eigenvalue weighted by Crippen LogP contribution is 2.32. The maximum absolute atomic E-state index is 12.8. The highest BCUT2D eigenvalue weighted by Gasteiger charge is 2.31. The van der Waals surface area contributed by atoms with Crippen LogP contribution in [0.4, 0.5) is 5.82 Å². The summed E-state index contributed by atoms with van der Waals surface area (Å²) in [5.41, 5.74) is 3.31. The molecule has 32 heavy (non-hydrogen) atoms. The Kier molecular flexibility index (Phi) is 7.15. The molecule has 7 nitrogen and oxygen atoms in total. The Morgan fingerprint density at radius 3 is 2.78 bits per heavy atom. The zero-order chi connectivity index (χ0) is 22.5. The van der Waals surface area contributed by atoms with Crippen molar-refractivity contribution in [2.75, 3.05) is 38.3 Å². The van der Waals surface area contributed by atoms with Crippen molar-refractivity contribution in [1.29, 1.82) is 0 Å². The van der Waals surface area contributed by atoms with Gasteiger partial charge in [0.1, 0.15) is 18.2 Å². The molecule has 7 heteroatoms. The van der Waals surface area contributed by atoms with Crippen LogP contribution in [0, 0.1) is 6.92 Å². The van der Waals surface area contributed by atoms with Crippen LogP contribution in [-0.4, -0.2) is 60.0 Å². The topological polar surface area (TPSA) is 75.6 Å². The molecule has 1 aromatic heterocycles. The Morgan fingerprint density at radius 2 is 2.00 bits per heavy atom. The van der Waals surface area contributed by atoms with Crippen LogP contribution in [0.15, 0.2) is 30.3 Å². The van der Waals surface area contributed by atoms with Crippen LogP contribution >= 0.6 is 0 Å². The van der Waals surface area contributed by atoms with Crippen molar-refractivity contribution < 1.29 is 14.3 Å². The molecular weight excluding hydrogens is 404 g/mol. The van der Waals surface area contributed by atoms with Gasteiger partial charge in [-0.25, -0.2) is 9.97 Å². The van der Waals surface area contributed by atoms with Gasteiger partial charge in [0.25, 0.3) is 0 Å². The number of anilines is 1. The number of hydrogen-bond acceptors (Lipinski definition) is 5. The second-order valence-electron chi connectivity index (χ2n) is 8.72. The molecule has 2 aromatic rings. The predicted molar refractivity (Wildman–Crippen MR) is 123 cm³/mol. The number of hydrogen-bond donors (Lipinski definition) is 0. The van der Waals surface area contributed by atoms with Crippen molar-refractivity contribution in [2.24, 2.45) is 0 Å². The molecule has 0 aliphatic carbocycles. The van der Waals surface area contributed by atoms with Crippen LogP contribution < -0.4 is 4.90 Å². The van der Waals surface area contributed by atoms with E-state index in [1.807, 2.05) is 34.9 Å². The van der Waals surface area contributed by atoms with Gasteiger partial charge in [0.2, 0.25) is 11.8 Å². The Morgan fingerprint density at radius 1 is 1.19 bits per heavy atom. The van der Waals surface area contributed by atoms with Crippen LogP contribution in [-0.2, 0) is 27.2 Å². The molecule has 0 bridgehead atoms. The van der Waals surface area contributed by atoms with Gasteiger partial charge >= 0.3 is 0 Å². The average molecular weight is 437 g/mol. The SMILES string of the molecule is COCC(=O)N1CCC[C@@H](c2nc(C)c3c(n2)N(CCCc2ccccc2)C(=O)CC3)C1. The predicted octanol–water partition coefficient (Wildman–Crippen LogP) is 3.05. The van der Waals surface area contributed by atoms with Gasteiger partial charge in [0.15, 0.2) is 0 Å². The number of aryl methyl sites for hydroxylation is 2. The summed E-state index contributed by atoms with van der Waals surface area (Å²) in [6, 6.07) is 10.4. The smallest absolute Gasteiger partial charge is 0.248 e. The van der Waals surface area contributed by atoms with Gasteiger partial charge in [-0.1, -0.05) is 30.3 Å². The van der Waals surface area contributed by atoms with Crippen LogP contribution in [0.5, 0.6) is 0 Å². The van der Waals surface area contributed by atoms with Gasteiger partial charge in [0.05, 0.1) is 0 Å². The Balaban J connectivity index is 1.52. The van der Waals surface area contributed by atoms with E-state index in [1.54, 1.807) is 7.11 Å². The Bertz CT molecular complexity index is 963. The number of benzene rings is 1. The van der Waals surface area contributed by atoms with Crippen LogP contribution in [0.1, 0.15) is 54.2 Å². The first kappa shape index (κ1) is 22.4. The first-order chi connectivity index (χ1) is 15.6. The quantitative estimate of drug-likeness (QED) is 0.667. The molecule has 1 saturated heterocycles. The first-order valence-electron chi connectivity index (χ1n) is 11.5. The molecule has 0 radical (unpaired) electrons. The van der Waals surface area contributed by atoms with Gasteiger partial charge in [-0.3, -0.25) is 14.5 Å². The highest BCUT2D eigenvalue weighted by atomic mass is 16.5. The summed E-state index contributed by atoms with van der Waals surface area (Å²) in [6.07, 6.45) is 4.87. The van der Waals surface area contributed by atoms with E-state index in [0.717, 1.165) is 55.1 Å². The third-order valence-electron chi connectivity index (χ3n) is 6.45. The number of rotatable bonds is 7. The average Bonchev–Trinajstić information content (AvgIpc) is 2.81. The molecule has 2 amide bonds. The molecule has 0 unspecified atom stereocenters. The van der Waals surface area contributed by atoms with Crippen molar-refractivity contribution in [3.63, 3.8) is 0 Å². The van der Waals surface area contributed by atoms with E-state index in [9.17, 15) is 9.59 Å². The van der Waals surface area contributed by atoms with Gasteiger partial charge in [-0.15, -0.1) is 0 Å². The largest absolute Gasteiger partial charge is 0.375 e. The van der Waals surface area contributed by atoms with Gasteiger partial charge in [0, 0.05) is 50.3 Å². The number of ether oxygens (including phenoxy) is 1. The van der Waals surface area contributed by atoms with Crippen molar-refractivity contribution in [3.05, 3.63) is 53.0 Å². The summed E-state index contributed by atoms with van der Waals surface area (Å²) < 4.78 is 5.02. The third-order valence-corrected chi connectivity index (χ3v) is 6.45. The number of likely N-dealkylation sites (tertiary alicyclic amines) is 1. The lowest BCUT2D eigenvalue weighted by Crippen LogP contribution is -2.42. The Labute approximate surface area is 189 Å². The fourth-order valence-corrected chi connectivity index (χ4v) is 4.73. The maximum Gasteiger partial charge on any atom is 0.248 e. The number of carbonyl (C=O) groups excluding carboxylic acids is 2. The fraction of sp³-hybridized carbons (Fsp3) is 0.520. The van der Waals surface area contributed by atoms with Crippen molar-refractivity contribution in [1.82, 2.24) is 14.9 Å². The summed E-state index contributed by atoms with van der Waals surface area (Å²) in [4.78, 5) is 38.6. The number of fused-ring (bicyclic) bond motifs is 1. The molecule has 1 atom stereocenters. The number of carbonyl (C=O) groups is 2. The second-order valence-corrected chi connectivity index (χ2v) is 8.72. The molecule has 1 fully saturated rings. The highest BCUT2D eigenvalue weighted by molar-refractivity contribution is 5.95. The van der Waals surface area contributed by atoms with Crippen molar-refractivity contribution >= 4 is 17.6 Å². The number of methoxy groups -OCH3 is 1. The van der Waals surface area contributed by atoms with Crippen molar-refractivity contribution in [3.8, 4) is 0 Å². The summed E-state index contributed by atoms with van der Waals surface area (Å²) in [7, 11) is 1.54. The lowest BCUT2D eigenvalue weighted by molar-refractivity contribution is -0.136. The molecule has 0 saturated carbocycles. The number of piperidine rings is 1. The zero-order valence-corrected chi connectivity index (χ0v) is 19.0. The van der Waals surface area contributed by atoms with E-state index in [0.29, 0.717) is 25.9 Å². The van der Waals surface area contributed by atoms with Crippen LogP contribution in [0.2, 0.25) is 0 Å². The maximum atomic E-state index is 12.8. The fourth-order valence-electron chi connectivity index (χ4n) is 4.73. The summed E-state index contributed by atoms with van der Waals surface area (Å²) >= 11 is 0. The van der Waals surface area contributed by atoms with E-state index < -0.39 is 0 Å². The minimum absolute atomic E-state index is 0.00426. The zero-order valence-electron chi connectivity index (χ0n) is 19.0. The third kappa shape index (κ3) is 4.99. The summed E-state index contributed by atoms with van der Waals surface area (Å²) in [6.45, 7) is 4.11. The van der Waals surface area contributed by atoms with Crippen LogP contribution in [0.25, 0.3) is 0 Å². The molecule has 1 aromatic carbocycles. The number of nitrogens with zero attached hydrogens (tertiary/aromatic N) is 4. The standard InChI is InChI=1S/C25H32N4O3/c1-18-21-12-13-22(30)29(15-6-10-19-8-4-3-5-9-19)25(21)27-24(26-18)20-11-7-14-28(16-20)23(31)17-32-2/h3-5,8-9,20H,6-7,10-17H2,1-2H3/t20-/m1/s1. The summed E-state index contributed by atoms with van der Waals surface area (Å²) in [5.74, 6) is 1.74. The summed E-state index contributed by atoms with van der Waals surface area (Å²) in [5, 5.41) is 0. The van der Waals surface area contributed by atoms with Crippen LogP contribution in [0.3, 0.4) is 0 Å². The lowest BCUT2D eigenvalue weighted by atomic mass is 9.95. The normalized spacial score (nSPS) is 18.6. The van der Waals surface area contributed by atoms with Gasteiger partial charge < -0.3 is 9.64 Å². The lowest BCUT2D eigenvalue weighted by Gasteiger charge is -2.34. The van der Waals surface area contributed by atoms with Gasteiger partial charge in [-0.2, -0.15) is 0 Å². The molecule has 2 aliphatic rings. The number of amides is 2. The van der Waals surface area contributed by atoms with E-state index in [-0.39, 0.29) is 24.3 Å². The second kappa shape index (κ2) is 10.2. The van der Waals surface area contributed by atoms with E-state index >= 15 is 0 Å². The van der Waals surface area contributed by atoms with E-state index in [1.165, 1.54) is 5.56 Å². The molecule has 0 spiro atoms. The molecule has 170 valence electrons. The molecule has 3 heterocycles. The monoisotopic (exact) mass is 436 g/mol. The Hall–Kier alpha value is -2.80. The minimum atomic E-state index is 0.00426. The molecular formula is C25H32N4O3.